The lowest BCUT2D eigenvalue weighted by atomic mass is 10.0. The molecule has 3 N–H and O–H groups in total. The molecule has 0 spiro atoms. The maximum absolute atomic E-state index is 12.0. The molecule has 132 valence electrons. The van der Waals surface area contributed by atoms with Crippen LogP contribution in [-0.2, 0) is 14.3 Å². The van der Waals surface area contributed by atoms with Gasteiger partial charge in [-0.3, -0.25) is 9.79 Å². The third-order valence-corrected chi connectivity index (χ3v) is 5.21. The first-order chi connectivity index (χ1) is 11.4. The van der Waals surface area contributed by atoms with Gasteiger partial charge in [0, 0.05) is 24.6 Å². The second-order valence-corrected chi connectivity index (χ2v) is 8.31. The quantitative estimate of drug-likeness (QED) is 0.0972. The van der Waals surface area contributed by atoms with Crippen LogP contribution in [0.4, 0.5) is 0 Å². The highest BCUT2D eigenvalue weighted by molar-refractivity contribution is 14.1. The van der Waals surface area contributed by atoms with Crippen LogP contribution in [0.3, 0.4) is 0 Å². The van der Waals surface area contributed by atoms with E-state index >= 15 is 0 Å². The highest BCUT2D eigenvalue weighted by atomic mass is 127. The predicted molar refractivity (Wildman–Crippen MR) is 109 cm³/mol. The van der Waals surface area contributed by atoms with Crippen LogP contribution in [-0.4, -0.2) is 40.6 Å². The number of carbonyl (C=O) groups excluding carboxylic acids is 1. The third kappa shape index (κ3) is 5.57. The normalized spacial score (nSPS) is 29.2. The summed E-state index contributed by atoms with van der Waals surface area (Å²) in [5.74, 6) is 0.109. The summed E-state index contributed by atoms with van der Waals surface area (Å²) < 4.78 is 12.5. The molecule has 0 aromatic heterocycles. The molecule has 0 aromatic carbocycles. The minimum absolute atomic E-state index is 0.0191. The Morgan fingerprint density at radius 1 is 1.62 bits per heavy atom. The van der Waals surface area contributed by atoms with Gasteiger partial charge in [0.05, 0.1) is 4.83 Å². The van der Waals surface area contributed by atoms with E-state index in [0.717, 1.165) is 16.5 Å². The van der Waals surface area contributed by atoms with Crippen molar-refractivity contribution in [2.45, 2.75) is 30.0 Å². The van der Waals surface area contributed by atoms with Crippen molar-refractivity contribution < 1.29 is 14.3 Å². The van der Waals surface area contributed by atoms with Gasteiger partial charge in [0.15, 0.2) is 15.8 Å². The van der Waals surface area contributed by atoms with Crippen molar-refractivity contribution >= 4 is 64.2 Å². The average Bonchev–Trinajstić information content (AvgIpc) is 2.83. The molecule has 3 unspecified atom stereocenters. The zero-order chi connectivity index (χ0) is 17.7. The second-order valence-electron chi connectivity index (χ2n) is 5.23. The number of hydrogen-bond acceptors (Lipinski definition) is 4. The number of carbonyl (C=O) groups is 1. The van der Waals surface area contributed by atoms with Crippen LogP contribution < -0.4 is 11.1 Å². The van der Waals surface area contributed by atoms with E-state index < -0.39 is 0 Å². The Balaban J connectivity index is 1.96. The Bertz CT molecular complexity index is 615. The number of ether oxygens (including phenoxy) is 2. The minimum atomic E-state index is -0.322. The maximum atomic E-state index is 12.0. The number of amides is 1. The van der Waals surface area contributed by atoms with Crippen molar-refractivity contribution in [3.63, 3.8) is 0 Å². The molecule has 3 atom stereocenters. The lowest BCUT2D eigenvalue weighted by Gasteiger charge is -2.22. The molecule has 2 rings (SSSR count). The number of nitrogens with zero attached hydrogens (tertiary/aromatic N) is 1. The first-order valence-corrected chi connectivity index (χ1v) is 10.1. The molecular formula is C15H18Br2IN3O3. The summed E-state index contributed by atoms with van der Waals surface area (Å²) in [4.78, 5) is 16.2. The molecule has 0 saturated carbocycles. The number of aliphatic imine (C=N–C) groups is 1. The van der Waals surface area contributed by atoms with Crippen molar-refractivity contribution in [1.82, 2.24) is 5.32 Å². The molecule has 0 aromatic rings. The van der Waals surface area contributed by atoms with Crippen molar-refractivity contribution in [1.29, 1.82) is 0 Å². The van der Waals surface area contributed by atoms with Gasteiger partial charge in [-0.1, -0.05) is 37.9 Å². The van der Waals surface area contributed by atoms with Crippen LogP contribution in [0.15, 0.2) is 39.0 Å². The van der Waals surface area contributed by atoms with Gasteiger partial charge in [-0.05, 0) is 46.7 Å². The fraction of sp³-hybridized carbons (Fsp3) is 0.467. The number of nitrogens with one attached hydrogen (secondary N) is 1. The molecule has 1 amide bonds. The SMILES string of the molecule is COC1C(Br)=CC(/C=C2\OC(CCCN=C(N)I)NC2=O)=CC1Br. The largest absolute Gasteiger partial charge is 0.465 e. The standard InChI is InChI=1S/C15H18Br2IN3O3/c1-23-13-9(16)5-8(6-10(13)17)7-11-14(22)21-12(24-11)3-2-4-20-15(18)19/h5-7,9,12-13H,2-4H2,1H3,(H2,19,20)(H,21,22)/b11-7-. The summed E-state index contributed by atoms with van der Waals surface area (Å²) in [6.07, 6.45) is 6.70. The molecule has 1 aliphatic heterocycles. The van der Waals surface area contributed by atoms with Crippen LogP contribution in [0.1, 0.15) is 12.8 Å². The smallest absolute Gasteiger partial charge is 0.289 e. The molecule has 0 radical (unpaired) electrons. The number of rotatable bonds is 6. The zero-order valence-corrected chi connectivity index (χ0v) is 18.3. The molecule has 1 aliphatic carbocycles. The summed E-state index contributed by atoms with van der Waals surface area (Å²) in [7, 11) is 1.65. The van der Waals surface area contributed by atoms with E-state index in [2.05, 4.69) is 42.2 Å². The maximum Gasteiger partial charge on any atom is 0.289 e. The van der Waals surface area contributed by atoms with E-state index in [1.165, 1.54) is 0 Å². The summed E-state index contributed by atoms with van der Waals surface area (Å²) in [6, 6.07) is 0. The van der Waals surface area contributed by atoms with Gasteiger partial charge in [-0.2, -0.15) is 0 Å². The number of amidine groups is 1. The van der Waals surface area contributed by atoms with Crippen LogP contribution in [0.25, 0.3) is 0 Å². The Kier molecular flexibility index (Phi) is 7.76. The molecule has 2 aliphatic rings. The number of allylic oxidation sites excluding steroid dienone is 3. The Morgan fingerprint density at radius 3 is 3.00 bits per heavy atom. The molecule has 1 saturated heterocycles. The monoisotopic (exact) mass is 573 g/mol. The van der Waals surface area contributed by atoms with Gasteiger partial charge in [-0.25, -0.2) is 0 Å². The highest BCUT2D eigenvalue weighted by Gasteiger charge is 2.29. The van der Waals surface area contributed by atoms with Gasteiger partial charge < -0.3 is 20.5 Å². The predicted octanol–water partition coefficient (Wildman–Crippen LogP) is 2.87. The molecule has 1 heterocycles. The fourth-order valence-electron chi connectivity index (χ4n) is 2.34. The highest BCUT2D eigenvalue weighted by Crippen LogP contribution is 2.31. The number of methoxy groups -OCH3 is 1. The molecule has 9 heteroatoms. The minimum Gasteiger partial charge on any atom is -0.465 e. The molecule has 0 bridgehead atoms. The second kappa shape index (κ2) is 9.35. The summed E-state index contributed by atoms with van der Waals surface area (Å²) in [6.45, 7) is 0.619. The Labute approximate surface area is 171 Å². The van der Waals surface area contributed by atoms with E-state index in [-0.39, 0.29) is 23.1 Å². The number of hydrogen-bond donors (Lipinski definition) is 2. The lowest BCUT2D eigenvalue weighted by molar-refractivity contribution is -0.116. The molecule has 24 heavy (non-hydrogen) atoms. The first-order valence-electron chi connectivity index (χ1n) is 7.31. The number of halogens is 3. The summed E-state index contributed by atoms with van der Waals surface area (Å²) >= 11 is 9.02. The molecular weight excluding hydrogens is 557 g/mol. The van der Waals surface area contributed by atoms with Gasteiger partial charge in [0.2, 0.25) is 0 Å². The van der Waals surface area contributed by atoms with Crippen molar-refractivity contribution in [3.05, 3.63) is 34.0 Å². The molecule has 6 nitrogen and oxygen atoms in total. The van der Waals surface area contributed by atoms with Crippen LogP contribution in [0.5, 0.6) is 0 Å². The van der Waals surface area contributed by atoms with Crippen LogP contribution in [0, 0.1) is 0 Å². The van der Waals surface area contributed by atoms with E-state index in [1.54, 1.807) is 13.2 Å². The fourth-order valence-corrected chi connectivity index (χ4v) is 4.48. The Hall–Kier alpha value is -0.390. The van der Waals surface area contributed by atoms with E-state index in [9.17, 15) is 4.79 Å². The Morgan fingerprint density at radius 2 is 2.38 bits per heavy atom. The van der Waals surface area contributed by atoms with Crippen LogP contribution in [0.2, 0.25) is 0 Å². The summed E-state index contributed by atoms with van der Waals surface area (Å²) in [5.41, 5.74) is 6.36. The van der Waals surface area contributed by atoms with Crippen molar-refractivity contribution in [3.8, 4) is 0 Å². The number of alkyl halides is 1. The molecule has 1 fully saturated rings. The van der Waals surface area contributed by atoms with Crippen molar-refractivity contribution in [2.24, 2.45) is 10.7 Å². The van der Waals surface area contributed by atoms with Gasteiger partial charge in [-0.15, -0.1) is 0 Å². The van der Waals surface area contributed by atoms with Gasteiger partial charge in [0.1, 0.15) is 6.10 Å². The van der Waals surface area contributed by atoms with E-state index in [4.69, 9.17) is 15.2 Å². The van der Waals surface area contributed by atoms with Gasteiger partial charge in [0.25, 0.3) is 5.91 Å². The van der Waals surface area contributed by atoms with Crippen LogP contribution >= 0.6 is 54.5 Å². The van der Waals surface area contributed by atoms with E-state index in [0.29, 0.717) is 22.6 Å². The number of nitrogens with two attached hydrogens (primary N) is 1. The summed E-state index contributed by atoms with van der Waals surface area (Å²) in [5, 5.41) is 2.82. The van der Waals surface area contributed by atoms with Crippen molar-refractivity contribution in [2.75, 3.05) is 13.7 Å². The van der Waals surface area contributed by atoms with E-state index in [1.807, 2.05) is 34.7 Å². The van der Waals surface area contributed by atoms with Gasteiger partial charge >= 0.3 is 0 Å². The average molecular weight is 575 g/mol. The first kappa shape index (κ1) is 19.9. The lowest BCUT2D eigenvalue weighted by Crippen LogP contribution is -2.26. The third-order valence-electron chi connectivity index (χ3n) is 3.44. The topological polar surface area (TPSA) is 85.9 Å². The zero-order valence-electron chi connectivity index (χ0n) is 13.0.